The van der Waals surface area contributed by atoms with Crippen molar-refractivity contribution in [3.63, 3.8) is 0 Å². The third-order valence-electron chi connectivity index (χ3n) is 4.24. The molecule has 1 aromatic heterocycles. The van der Waals surface area contributed by atoms with Gasteiger partial charge in [0, 0.05) is 6.54 Å². The predicted molar refractivity (Wildman–Crippen MR) is 80.3 cm³/mol. The molecule has 1 saturated carbocycles. The Hall–Kier alpha value is -1.22. The molecular formula is C15H20ClN3. The van der Waals surface area contributed by atoms with Crippen LogP contribution in [0.2, 0.25) is 5.02 Å². The van der Waals surface area contributed by atoms with Crippen molar-refractivity contribution in [1.82, 2.24) is 9.55 Å². The number of para-hydroxylation sites is 1. The average Bonchev–Trinajstić information content (AvgIpc) is 2.75. The minimum Gasteiger partial charge on any atom is -0.369 e. The molecule has 1 fully saturated rings. The van der Waals surface area contributed by atoms with Gasteiger partial charge in [-0.2, -0.15) is 0 Å². The normalized spacial score (nSPS) is 17.1. The molecule has 0 atom stereocenters. The molecule has 0 aliphatic heterocycles. The summed E-state index contributed by atoms with van der Waals surface area (Å²) in [4.78, 5) is 4.39. The van der Waals surface area contributed by atoms with Crippen LogP contribution >= 0.6 is 11.6 Å². The van der Waals surface area contributed by atoms with Crippen molar-refractivity contribution >= 4 is 28.6 Å². The van der Waals surface area contributed by atoms with E-state index in [1.807, 2.05) is 18.2 Å². The Morgan fingerprint density at radius 3 is 2.84 bits per heavy atom. The smallest absolute Gasteiger partial charge is 0.201 e. The standard InChI is InChI=1S/C15H20ClN3/c16-12-7-4-8-13-14(12)18-15(17)19(13)10-9-11-5-2-1-3-6-11/h4,7-8,11H,1-3,5-6,9-10H2,(H2,17,18). The molecule has 1 aliphatic carbocycles. The quantitative estimate of drug-likeness (QED) is 0.912. The first-order valence-corrected chi connectivity index (χ1v) is 7.54. The number of anilines is 1. The molecule has 2 aromatic rings. The minimum absolute atomic E-state index is 0.582. The fourth-order valence-electron chi connectivity index (χ4n) is 3.15. The van der Waals surface area contributed by atoms with Crippen LogP contribution in [0.5, 0.6) is 0 Å². The summed E-state index contributed by atoms with van der Waals surface area (Å²) in [6.45, 7) is 0.952. The van der Waals surface area contributed by atoms with Crippen molar-refractivity contribution < 1.29 is 0 Å². The number of nitrogens with two attached hydrogens (primary N) is 1. The van der Waals surface area contributed by atoms with Crippen molar-refractivity contribution in [3.05, 3.63) is 23.2 Å². The third kappa shape index (κ3) is 2.57. The van der Waals surface area contributed by atoms with Crippen molar-refractivity contribution in [2.45, 2.75) is 45.1 Å². The molecular weight excluding hydrogens is 258 g/mol. The van der Waals surface area contributed by atoms with Gasteiger partial charge >= 0.3 is 0 Å². The first-order valence-electron chi connectivity index (χ1n) is 7.16. The van der Waals surface area contributed by atoms with Gasteiger partial charge in [-0.3, -0.25) is 0 Å². The molecule has 19 heavy (non-hydrogen) atoms. The molecule has 2 N–H and O–H groups in total. The number of nitrogens with zero attached hydrogens (tertiary/aromatic N) is 2. The van der Waals surface area contributed by atoms with E-state index in [9.17, 15) is 0 Å². The number of aryl methyl sites for hydroxylation is 1. The summed E-state index contributed by atoms with van der Waals surface area (Å²) in [7, 11) is 0. The lowest BCUT2D eigenvalue weighted by Gasteiger charge is -2.21. The molecule has 1 aliphatic rings. The van der Waals surface area contributed by atoms with E-state index >= 15 is 0 Å². The Bertz CT molecular complexity index is 570. The van der Waals surface area contributed by atoms with Crippen LogP contribution in [0.3, 0.4) is 0 Å². The molecule has 0 spiro atoms. The van der Waals surface area contributed by atoms with E-state index in [2.05, 4.69) is 9.55 Å². The van der Waals surface area contributed by atoms with Crippen molar-refractivity contribution in [3.8, 4) is 0 Å². The van der Waals surface area contributed by atoms with E-state index in [1.54, 1.807) is 0 Å². The summed E-state index contributed by atoms with van der Waals surface area (Å²) >= 11 is 6.16. The van der Waals surface area contributed by atoms with E-state index in [4.69, 9.17) is 17.3 Å². The highest BCUT2D eigenvalue weighted by Crippen LogP contribution is 2.29. The maximum Gasteiger partial charge on any atom is 0.201 e. The highest BCUT2D eigenvalue weighted by atomic mass is 35.5. The van der Waals surface area contributed by atoms with E-state index in [0.29, 0.717) is 11.0 Å². The lowest BCUT2D eigenvalue weighted by Crippen LogP contribution is -2.11. The number of hydrogen-bond acceptors (Lipinski definition) is 2. The third-order valence-corrected chi connectivity index (χ3v) is 4.55. The largest absolute Gasteiger partial charge is 0.369 e. The summed E-state index contributed by atoms with van der Waals surface area (Å²) in [5.74, 6) is 1.43. The maximum atomic E-state index is 6.16. The highest BCUT2D eigenvalue weighted by molar-refractivity contribution is 6.35. The molecule has 1 heterocycles. The van der Waals surface area contributed by atoms with Crippen LogP contribution in [0.4, 0.5) is 5.95 Å². The minimum atomic E-state index is 0.582. The Kier molecular flexibility index (Phi) is 3.65. The zero-order valence-electron chi connectivity index (χ0n) is 11.1. The van der Waals surface area contributed by atoms with Crippen LogP contribution in [0.25, 0.3) is 11.0 Å². The van der Waals surface area contributed by atoms with Gasteiger partial charge < -0.3 is 10.3 Å². The SMILES string of the molecule is Nc1nc2c(Cl)cccc2n1CCC1CCCCC1. The molecule has 0 radical (unpaired) electrons. The first kappa shape index (κ1) is 12.8. The fraction of sp³-hybridized carbons (Fsp3) is 0.533. The van der Waals surface area contributed by atoms with Gasteiger partial charge in [0.25, 0.3) is 0 Å². The summed E-state index contributed by atoms with van der Waals surface area (Å²) in [6, 6.07) is 5.87. The summed E-state index contributed by atoms with van der Waals surface area (Å²) in [6.07, 6.45) is 8.11. The second-order valence-electron chi connectivity index (χ2n) is 5.52. The summed E-state index contributed by atoms with van der Waals surface area (Å²) < 4.78 is 2.11. The zero-order chi connectivity index (χ0) is 13.2. The van der Waals surface area contributed by atoms with Gasteiger partial charge in [0.2, 0.25) is 5.95 Å². The zero-order valence-corrected chi connectivity index (χ0v) is 11.9. The van der Waals surface area contributed by atoms with E-state index < -0.39 is 0 Å². The van der Waals surface area contributed by atoms with Crippen molar-refractivity contribution in [2.75, 3.05) is 5.73 Å². The Labute approximate surface area is 118 Å². The predicted octanol–water partition coefficient (Wildman–Crippen LogP) is 4.24. The molecule has 0 bridgehead atoms. The van der Waals surface area contributed by atoms with Crippen LogP contribution in [0, 0.1) is 5.92 Å². The average molecular weight is 278 g/mol. The summed E-state index contributed by atoms with van der Waals surface area (Å²) in [5.41, 5.74) is 7.91. The lowest BCUT2D eigenvalue weighted by atomic mass is 9.87. The topological polar surface area (TPSA) is 43.8 Å². The highest BCUT2D eigenvalue weighted by Gasteiger charge is 2.15. The number of imidazole rings is 1. The number of nitrogen functional groups attached to an aromatic ring is 1. The molecule has 3 rings (SSSR count). The van der Waals surface area contributed by atoms with Crippen LogP contribution in [0.15, 0.2) is 18.2 Å². The van der Waals surface area contributed by atoms with Gasteiger partial charge in [0.15, 0.2) is 0 Å². The molecule has 0 amide bonds. The van der Waals surface area contributed by atoms with Gasteiger partial charge in [0.1, 0.15) is 5.52 Å². The van der Waals surface area contributed by atoms with Gasteiger partial charge in [-0.1, -0.05) is 49.8 Å². The lowest BCUT2D eigenvalue weighted by molar-refractivity contribution is 0.326. The maximum absolute atomic E-state index is 6.16. The molecule has 1 aromatic carbocycles. The van der Waals surface area contributed by atoms with Crippen LogP contribution in [-0.4, -0.2) is 9.55 Å². The van der Waals surface area contributed by atoms with E-state index in [-0.39, 0.29) is 0 Å². The molecule has 4 heteroatoms. The Morgan fingerprint density at radius 1 is 1.26 bits per heavy atom. The number of benzene rings is 1. The molecule has 3 nitrogen and oxygen atoms in total. The monoisotopic (exact) mass is 277 g/mol. The number of halogens is 1. The van der Waals surface area contributed by atoms with Crippen molar-refractivity contribution in [1.29, 1.82) is 0 Å². The first-order chi connectivity index (χ1) is 9.25. The number of rotatable bonds is 3. The number of aromatic nitrogens is 2. The van der Waals surface area contributed by atoms with Crippen LogP contribution < -0.4 is 5.73 Å². The molecule has 0 saturated heterocycles. The molecule has 0 unspecified atom stereocenters. The van der Waals surface area contributed by atoms with E-state index in [0.717, 1.165) is 23.5 Å². The van der Waals surface area contributed by atoms with Gasteiger partial charge in [-0.05, 0) is 24.5 Å². The summed E-state index contributed by atoms with van der Waals surface area (Å²) in [5, 5.41) is 0.681. The molecule has 102 valence electrons. The van der Waals surface area contributed by atoms with Crippen molar-refractivity contribution in [2.24, 2.45) is 5.92 Å². The Balaban J connectivity index is 1.80. The number of hydrogen-bond donors (Lipinski definition) is 1. The van der Waals surface area contributed by atoms with Crippen LogP contribution in [-0.2, 0) is 6.54 Å². The fourth-order valence-corrected chi connectivity index (χ4v) is 3.37. The van der Waals surface area contributed by atoms with Gasteiger partial charge in [-0.15, -0.1) is 0 Å². The number of fused-ring (bicyclic) bond motifs is 1. The van der Waals surface area contributed by atoms with Gasteiger partial charge in [-0.25, -0.2) is 4.98 Å². The van der Waals surface area contributed by atoms with Gasteiger partial charge in [0.05, 0.1) is 10.5 Å². The van der Waals surface area contributed by atoms with Crippen LogP contribution in [0.1, 0.15) is 38.5 Å². The Morgan fingerprint density at radius 2 is 2.05 bits per heavy atom. The second kappa shape index (κ2) is 5.41. The second-order valence-corrected chi connectivity index (χ2v) is 5.93. The van der Waals surface area contributed by atoms with E-state index in [1.165, 1.54) is 38.5 Å².